The molecule has 0 spiro atoms. The Morgan fingerprint density at radius 3 is 2.80 bits per heavy atom. The number of nitrogens with one attached hydrogen (secondary N) is 2. The molecule has 0 radical (unpaired) electrons. The summed E-state index contributed by atoms with van der Waals surface area (Å²) in [6.07, 6.45) is 2.05. The summed E-state index contributed by atoms with van der Waals surface area (Å²) in [5, 5.41) is 5.82. The molecular weight excluding hydrogens is 128 g/mol. The molecule has 1 amide bonds. The van der Waals surface area contributed by atoms with E-state index in [4.69, 9.17) is 0 Å². The first-order chi connectivity index (χ1) is 4.69. The van der Waals surface area contributed by atoms with Gasteiger partial charge in [0.05, 0.1) is 5.54 Å². The van der Waals surface area contributed by atoms with Crippen molar-refractivity contribution in [2.24, 2.45) is 0 Å². The molecule has 0 aromatic rings. The lowest BCUT2D eigenvalue weighted by Crippen LogP contribution is -2.49. The number of amides is 1. The summed E-state index contributed by atoms with van der Waals surface area (Å²) in [7, 11) is 1.67. The Labute approximate surface area is 61.2 Å². The van der Waals surface area contributed by atoms with Crippen molar-refractivity contribution in [1.29, 1.82) is 0 Å². The van der Waals surface area contributed by atoms with Gasteiger partial charge in [0.1, 0.15) is 0 Å². The summed E-state index contributed by atoms with van der Waals surface area (Å²) < 4.78 is 0. The summed E-state index contributed by atoms with van der Waals surface area (Å²) in [5.74, 6) is 0.102. The number of rotatable bonds is 1. The van der Waals surface area contributed by atoms with Crippen molar-refractivity contribution in [2.45, 2.75) is 25.3 Å². The number of hydrogen-bond acceptors (Lipinski definition) is 2. The predicted octanol–water partition coefficient (Wildman–Crippen LogP) is -0.126. The first-order valence-electron chi connectivity index (χ1n) is 3.66. The topological polar surface area (TPSA) is 41.1 Å². The lowest BCUT2D eigenvalue weighted by atomic mass is 10.00. The van der Waals surface area contributed by atoms with Crippen LogP contribution in [0.5, 0.6) is 0 Å². The van der Waals surface area contributed by atoms with Crippen molar-refractivity contribution in [3.8, 4) is 0 Å². The van der Waals surface area contributed by atoms with Crippen LogP contribution in [0.2, 0.25) is 0 Å². The number of hydrogen-bond donors (Lipinski definition) is 2. The van der Waals surface area contributed by atoms with Gasteiger partial charge in [-0.25, -0.2) is 0 Å². The van der Waals surface area contributed by atoms with E-state index in [2.05, 4.69) is 10.6 Å². The largest absolute Gasteiger partial charge is 0.358 e. The number of carbonyl (C=O) groups excluding carboxylic acids is 1. The maximum absolute atomic E-state index is 11.2. The predicted molar refractivity (Wildman–Crippen MR) is 39.7 cm³/mol. The van der Waals surface area contributed by atoms with Crippen LogP contribution in [-0.2, 0) is 4.79 Å². The number of carbonyl (C=O) groups is 1. The van der Waals surface area contributed by atoms with E-state index in [-0.39, 0.29) is 11.4 Å². The minimum Gasteiger partial charge on any atom is -0.358 e. The molecule has 1 saturated heterocycles. The smallest absolute Gasteiger partial charge is 0.239 e. The second-order valence-electron chi connectivity index (χ2n) is 2.94. The molecular formula is C7H14N2O. The highest BCUT2D eigenvalue weighted by Gasteiger charge is 2.34. The molecule has 0 aromatic carbocycles. The number of likely N-dealkylation sites (N-methyl/N-ethyl adjacent to an activating group) is 1. The fraction of sp³-hybridized carbons (Fsp3) is 0.857. The molecule has 1 aliphatic rings. The standard InChI is InChI=1S/C7H14N2O/c1-7(6(10)8-2)4-3-5-9-7/h9H,3-5H2,1-2H3,(H,8,10). The molecule has 1 heterocycles. The lowest BCUT2D eigenvalue weighted by molar-refractivity contribution is -0.125. The van der Waals surface area contributed by atoms with E-state index in [0.29, 0.717) is 0 Å². The van der Waals surface area contributed by atoms with Crippen molar-refractivity contribution < 1.29 is 4.79 Å². The maximum Gasteiger partial charge on any atom is 0.239 e. The quantitative estimate of drug-likeness (QED) is 0.535. The molecule has 0 saturated carbocycles. The zero-order chi connectivity index (χ0) is 7.61. The Bertz CT molecular complexity index is 139. The highest BCUT2D eigenvalue weighted by molar-refractivity contribution is 5.85. The Hall–Kier alpha value is -0.570. The molecule has 0 aliphatic carbocycles. The van der Waals surface area contributed by atoms with Crippen LogP contribution in [0.1, 0.15) is 19.8 Å². The monoisotopic (exact) mass is 142 g/mol. The van der Waals surface area contributed by atoms with Gasteiger partial charge in [-0.1, -0.05) is 0 Å². The molecule has 1 aliphatic heterocycles. The first kappa shape index (κ1) is 7.54. The van der Waals surface area contributed by atoms with Gasteiger partial charge in [0, 0.05) is 7.05 Å². The minimum atomic E-state index is -0.297. The summed E-state index contributed by atoms with van der Waals surface area (Å²) in [6.45, 7) is 2.91. The normalized spacial score (nSPS) is 32.2. The molecule has 2 N–H and O–H groups in total. The van der Waals surface area contributed by atoms with Crippen LogP contribution < -0.4 is 10.6 Å². The van der Waals surface area contributed by atoms with E-state index in [1.165, 1.54) is 0 Å². The van der Waals surface area contributed by atoms with E-state index >= 15 is 0 Å². The molecule has 1 fully saturated rings. The van der Waals surface area contributed by atoms with Crippen molar-refractivity contribution in [1.82, 2.24) is 10.6 Å². The van der Waals surface area contributed by atoms with Crippen molar-refractivity contribution in [3.05, 3.63) is 0 Å². The van der Waals surface area contributed by atoms with Crippen LogP contribution in [0.4, 0.5) is 0 Å². The zero-order valence-electron chi connectivity index (χ0n) is 6.53. The Balaban J connectivity index is 2.58. The van der Waals surface area contributed by atoms with E-state index in [0.717, 1.165) is 19.4 Å². The molecule has 10 heavy (non-hydrogen) atoms. The van der Waals surface area contributed by atoms with Crippen LogP contribution in [-0.4, -0.2) is 25.0 Å². The third-order valence-corrected chi connectivity index (χ3v) is 2.10. The lowest BCUT2D eigenvalue weighted by Gasteiger charge is -2.21. The molecule has 3 nitrogen and oxygen atoms in total. The van der Waals surface area contributed by atoms with Gasteiger partial charge in [-0.15, -0.1) is 0 Å². The maximum atomic E-state index is 11.2. The third-order valence-electron chi connectivity index (χ3n) is 2.10. The minimum absolute atomic E-state index is 0.102. The van der Waals surface area contributed by atoms with Gasteiger partial charge in [-0.2, -0.15) is 0 Å². The highest BCUT2D eigenvalue weighted by Crippen LogP contribution is 2.17. The summed E-state index contributed by atoms with van der Waals surface area (Å²) >= 11 is 0. The van der Waals surface area contributed by atoms with E-state index in [1.807, 2.05) is 6.92 Å². The van der Waals surface area contributed by atoms with Gasteiger partial charge >= 0.3 is 0 Å². The van der Waals surface area contributed by atoms with Crippen LogP contribution in [0.3, 0.4) is 0 Å². The Kier molecular flexibility index (Phi) is 1.94. The molecule has 1 unspecified atom stereocenters. The molecule has 3 heteroatoms. The fourth-order valence-electron chi connectivity index (χ4n) is 1.36. The van der Waals surface area contributed by atoms with E-state index in [1.54, 1.807) is 7.05 Å². The molecule has 1 atom stereocenters. The third kappa shape index (κ3) is 1.14. The van der Waals surface area contributed by atoms with Gasteiger partial charge in [0.15, 0.2) is 0 Å². The SMILES string of the molecule is CNC(=O)C1(C)CCCN1. The fourth-order valence-corrected chi connectivity index (χ4v) is 1.36. The molecule has 0 bridgehead atoms. The van der Waals surface area contributed by atoms with E-state index < -0.39 is 0 Å². The van der Waals surface area contributed by atoms with E-state index in [9.17, 15) is 4.79 Å². The van der Waals surface area contributed by atoms with Gasteiger partial charge < -0.3 is 10.6 Å². The average Bonchev–Trinajstić information content (AvgIpc) is 2.36. The summed E-state index contributed by atoms with van der Waals surface area (Å²) in [5.41, 5.74) is -0.297. The van der Waals surface area contributed by atoms with Crippen molar-refractivity contribution in [2.75, 3.05) is 13.6 Å². The first-order valence-corrected chi connectivity index (χ1v) is 3.66. The van der Waals surface area contributed by atoms with Crippen LogP contribution in [0, 0.1) is 0 Å². The molecule has 58 valence electrons. The Morgan fingerprint density at radius 1 is 1.70 bits per heavy atom. The van der Waals surface area contributed by atoms with Gasteiger partial charge in [-0.05, 0) is 26.3 Å². The summed E-state index contributed by atoms with van der Waals surface area (Å²) in [4.78, 5) is 11.2. The zero-order valence-corrected chi connectivity index (χ0v) is 6.53. The molecule has 1 rings (SSSR count). The Morgan fingerprint density at radius 2 is 2.40 bits per heavy atom. The van der Waals surface area contributed by atoms with Gasteiger partial charge in [0.25, 0.3) is 0 Å². The second kappa shape index (κ2) is 2.58. The van der Waals surface area contributed by atoms with Gasteiger partial charge in [0.2, 0.25) is 5.91 Å². The summed E-state index contributed by atoms with van der Waals surface area (Å²) in [6, 6.07) is 0. The van der Waals surface area contributed by atoms with Gasteiger partial charge in [-0.3, -0.25) is 4.79 Å². The average molecular weight is 142 g/mol. The van der Waals surface area contributed by atoms with Crippen LogP contribution in [0.25, 0.3) is 0 Å². The van der Waals surface area contributed by atoms with Crippen LogP contribution in [0.15, 0.2) is 0 Å². The van der Waals surface area contributed by atoms with Crippen molar-refractivity contribution in [3.63, 3.8) is 0 Å². The van der Waals surface area contributed by atoms with Crippen LogP contribution >= 0.6 is 0 Å². The second-order valence-corrected chi connectivity index (χ2v) is 2.94. The highest BCUT2D eigenvalue weighted by atomic mass is 16.2. The molecule has 0 aromatic heterocycles. The van der Waals surface area contributed by atoms with Crippen molar-refractivity contribution >= 4 is 5.91 Å².